The topological polar surface area (TPSA) is 122 Å². The first kappa shape index (κ1) is 26.0. The maximum atomic E-state index is 12.8. The van der Waals surface area contributed by atoms with Gasteiger partial charge in [-0.05, 0) is 25.0 Å². The third-order valence-corrected chi connectivity index (χ3v) is 6.75. The molecule has 4 rings (SSSR count). The van der Waals surface area contributed by atoms with Crippen LogP contribution in [0.3, 0.4) is 0 Å². The lowest BCUT2D eigenvalue weighted by atomic mass is 10.1. The summed E-state index contributed by atoms with van der Waals surface area (Å²) in [6.07, 6.45) is 6.94. The third kappa shape index (κ3) is 6.79. The number of amides is 2. The Labute approximate surface area is 219 Å². The number of imidazole rings is 1. The third-order valence-electron chi connectivity index (χ3n) is 5.98. The van der Waals surface area contributed by atoms with E-state index in [1.807, 2.05) is 42.5 Å². The Balaban J connectivity index is 1.52. The van der Waals surface area contributed by atoms with Crippen molar-refractivity contribution in [2.75, 3.05) is 14.2 Å². The number of methoxy groups -OCH3 is 1. The van der Waals surface area contributed by atoms with E-state index in [1.165, 1.54) is 11.3 Å². The molecule has 2 amide bonds. The Kier molecular flexibility index (Phi) is 8.98. The van der Waals surface area contributed by atoms with E-state index in [0.29, 0.717) is 29.4 Å². The molecule has 192 valence electrons. The Bertz CT molecular complexity index is 1310. The molecule has 0 fully saturated rings. The first-order valence-corrected chi connectivity index (χ1v) is 13.0. The van der Waals surface area contributed by atoms with E-state index >= 15 is 0 Å². The van der Waals surface area contributed by atoms with Crippen LogP contribution in [0.4, 0.5) is 0 Å². The van der Waals surface area contributed by atoms with Gasteiger partial charge in [0.1, 0.15) is 10.7 Å². The number of nitrogens with one attached hydrogen (secondary N) is 3. The average molecular weight is 519 g/mol. The summed E-state index contributed by atoms with van der Waals surface area (Å²) in [4.78, 5) is 41.5. The van der Waals surface area contributed by atoms with Gasteiger partial charge in [0.15, 0.2) is 0 Å². The maximum Gasteiger partial charge on any atom is 0.263 e. The molecule has 0 radical (unpaired) electrons. The molecule has 3 heterocycles. The van der Waals surface area contributed by atoms with Crippen LogP contribution in [0.1, 0.15) is 53.6 Å². The van der Waals surface area contributed by atoms with Crippen molar-refractivity contribution in [3.63, 3.8) is 0 Å². The van der Waals surface area contributed by atoms with Crippen LogP contribution in [0.5, 0.6) is 5.88 Å². The monoisotopic (exact) mass is 518 g/mol. The number of H-pyrrole nitrogens is 1. The summed E-state index contributed by atoms with van der Waals surface area (Å²) in [6, 6.07) is 13.5. The minimum Gasteiger partial charge on any atom is -0.480 e. The standard InChI is InChI=1S/C27H30N6O3S/c1-28-24(34)12-8-4-7-11-21(32-26(35)23-16-29-17-37-23)25-30-15-22(31-25)19-13-14-20(33-27(19)36-2)18-9-5-3-6-10-18/h3,5-6,9-10,13-17,21H,4,7-8,11-12H2,1-2H3,(H,28,34)(H,30,31)(H,32,35). The minimum absolute atomic E-state index is 0.0339. The quantitative estimate of drug-likeness (QED) is 0.232. The number of hydrogen-bond donors (Lipinski definition) is 3. The molecule has 0 bridgehead atoms. The highest BCUT2D eigenvalue weighted by Gasteiger charge is 2.21. The molecule has 1 atom stereocenters. The fraction of sp³-hybridized carbons (Fsp3) is 0.296. The molecular weight excluding hydrogens is 488 g/mol. The molecule has 0 aliphatic heterocycles. The molecule has 0 aliphatic carbocycles. The molecule has 1 unspecified atom stereocenters. The lowest BCUT2D eigenvalue weighted by molar-refractivity contribution is -0.120. The number of carbonyl (C=O) groups excluding carboxylic acids is 2. The highest BCUT2D eigenvalue weighted by molar-refractivity contribution is 7.11. The van der Waals surface area contributed by atoms with Crippen LogP contribution in [0, 0.1) is 0 Å². The molecule has 4 aromatic rings. The normalized spacial score (nSPS) is 11.6. The van der Waals surface area contributed by atoms with E-state index in [-0.39, 0.29) is 17.9 Å². The van der Waals surface area contributed by atoms with Crippen LogP contribution in [-0.4, -0.2) is 45.9 Å². The molecule has 0 saturated carbocycles. The highest BCUT2D eigenvalue weighted by Crippen LogP contribution is 2.31. The summed E-state index contributed by atoms with van der Waals surface area (Å²) >= 11 is 1.29. The molecule has 9 nitrogen and oxygen atoms in total. The van der Waals surface area contributed by atoms with E-state index < -0.39 is 0 Å². The zero-order valence-corrected chi connectivity index (χ0v) is 21.7. The number of aromatic amines is 1. The summed E-state index contributed by atoms with van der Waals surface area (Å²) in [5.74, 6) is 0.971. The summed E-state index contributed by atoms with van der Waals surface area (Å²) < 4.78 is 5.60. The predicted octanol–water partition coefficient (Wildman–Crippen LogP) is 4.77. The average Bonchev–Trinajstić information content (AvgIpc) is 3.65. The van der Waals surface area contributed by atoms with Gasteiger partial charge in [0.25, 0.3) is 5.91 Å². The van der Waals surface area contributed by atoms with E-state index in [0.717, 1.165) is 41.8 Å². The number of rotatable bonds is 12. The van der Waals surface area contributed by atoms with Gasteiger partial charge in [-0.1, -0.05) is 43.2 Å². The number of thiazole rings is 1. The highest BCUT2D eigenvalue weighted by atomic mass is 32.1. The van der Waals surface area contributed by atoms with E-state index in [9.17, 15) is 9.59 Å². The second kappa shape index (κ2) is 12.8. The van der Waals surface area contributed by atoms with Crippen LogP contribution in [0.2, 0.25) is 0 Å². The van der Waals surface area contributed by atoms with Gasteiger partial charge in [-0.15, -0.1) is 11.3 Å². The molecule has 1 aromatic carbocycles. The van der Waals surface area contributed by atoms with Crippen LogP contribution in [-0.2, 0) is 4.79 Å². The van der Waals surface area contributed by atoms with Gasteiger partial charge >= 0.3 is 0 Å². The predicted molar refractivity (Wildman–Crippen MR) is 143 cm³/mol. The fourth-order valence-corrected chi connectivity index (χ4v) is 4.51. The van der Waals surface area contributed by atoms with Gasteiger partial charge in [-0.3, -0.25) is 14.6 Å². The number of benzene rings is 1. The fourth-order valence-electron chi connectivity index (χ4n) is 3.99. The summed E-state index contributed by atoms with van der Waals surface area (Å²) in [5, 5.41) is 5.72. The van der Waals surface area contributed by atoms with Crippen molar-refractivity contribution in [3.05, 3.63) is 71.1 Å². The largest absolute Gasteiger partial charge is 0.480 e. The number of pyridine rings is 1. The molecular formula is C27H30N6O3S. The molecule has 0 spiro atoms. The molecule has 37 heavy (non-hydrogen) atoms. The van der Waals surface area contributed by atoms with Gasteiger partial charge in [-0.2, -0.15) is 0 Å². The van der Waals surface area contributed by atoms with Crippen LogP contribution in [0.15, 0.2) is 60.4 Å². The second-order valence-electron chi connectivity index (χ2n) is 8.47. The van der Waals surface area contributed by atoms with Gasteiger partial charge < -0.3 is 20.4 Å². The summed E-state index contributed by atoms with van der Waals surface area (Å²) in [6.45, 7) is 0. The van der Waals surface area contributed by atoms with Gasteiger partial charge in [0, 0.05) is 19.0 Å². The number of aromatic nitrogens is 4. The van der Waals surface area contributed by atoms with Gasteiger partial charge in [-0.25, -0.2) is 9.97 Å². The smallest absolute Gasteiger partial charge is 0.263 e. The molecule has 0 aliphatic rings. The Morgan fingerprint density at radius 3 is 2.65 bits per heavy atom. The zero-order valence-electron chi connectivity index (χ0n) is 20.9. The van der Waals surface area contributed by atoms with Crippen LogP contribution < -0.4 is 15.4 Å². The number of carbonyl (C=O) groups is 2. The summed E-state index contributed by atoms with van der Waals surface area (Å²) in [7, 11) is 3.23. The van der Waals surface area contributed by atoms with Crippen LogP contribution in [0.25, 0.3) is 22.5 Å². The molecule has 0 saturated heterocycles. The van der Waals surface area contributed by atoms with Crippen LogP contribution >= 0.6 is 11.3 Å². The Morgan fingerprint density at radius 1 is 1.08 bits per heavy atom. The molecule has 10 heteroatoms. The lowest BCUT2D eigenvalue weighted by Crippen LogP contribution is -2.28. The van der Waals surface area contributed by atoms with Gasteiger partial charge in [0.2, 0.25) is 11.8 Å². The summed E-state index contributed by atoms with van der Waals surface area (Å²) in [5.41, 5.74) is 4.97. The second-order valence-corrected chi connectivity index (χ2v) is 9.35. The van der Waals surface area contributed by atoms with E-state index in [4.69, 9.17) is 4.74 Å². The minimum atomic E-state index is -0.328. The SMILES string of the molecule is CNC(=O)CCCCCC(NC(=O)c1cncs1)c1ncc(-c2ccc(-c3ccccc3)nc2OC)[nH]1. The molecule has 3 aromatic heterocycles. The first-order valence-electron chi connectivity index (χ1n) is 12.1. The Morgan fingerprint density at radius 2 is 1.92 bits per heavy atom. The first-order chi connectivity index (χ1) is 18.1. The molecule has 3 N–H and O–H groups in total. The Hall–Kier alpha value is -4.05. The number of hydrogen-bond acceptors (Lipinski definition) is 7. The lowest BCUT2D eigenvalue weighted by Gasteiger charge is -2.16. The zero-order chi connectivity index (χ0) is 26.0. The van der Waals surface area contributed by atoms with Crippen molar-refractivity contribution in [3.8, 4) is 28.4 Å². The van der Waals surface area contributed by atoms with Gasteiger partial charge in [0.05, 0.1) is 48.0 Å². The number of nitrogens with zero attached hydrogens (tertiary/aromatic N) is 3. The van der Waals surface area contributed by atoms with E-state index in [1.54, 1.807) is 32.1 Å². The van der Waals surface area contributed by atoms with Crippen molar-refractivity contribution in [2.45, 2.75) is 38.1 Å². The number of unbranched alkanes of at least 4 members (excludes halogenated alkanes) is 2. The van der Waals surface area contributed by atoms with E-state index in [2.05, 4.69) is 30.6 Å². The maximum absolute atomic E-state index is 12.8. The van der Waals surface area contributed by atoms with Crippen molar-refractivity contribution < 1.29 is 14.3 Å². The van der Waals surface area contributed by atoms with Crippen molar-refractivity contribution >= 4 is 23.2 Å². The van der Waals surface area contributed by atoms with Crippen molar-refractivity contribution in [1.82, 2.24) is 30.6 Å². The van der Waals surface area contributed by atoms with Crippen molar-refractivity contribution in [1.29, 1.82) is 0 Å². The number of ether oxygens (including phenoxy) is 1. The van der Waals surface area contributed by atoms with Crippen molar-refractivity contribution in [2.24, 2.45) is 0 Å².